The van der Waals surface area contributed by atoms with E-state index in [1.165, 1.54) is 0 Å². The zero-order chi connectivity index (χ0) is 10.6. The van der Waals surface area contributed by atoms with Gasteiger partial charge in [0.1, 0.15) is 5.60 Å². The summed E-state index contributed by atoms with van der Waals surface area (Å²) < 4.78 is 0. The second-order valence-electron chi connectivity index (χ2n) is 2.42. The van der Waals surface area contributed by atoms with E-state index in [1.54, 1.807) is 0 Å². The van der Waals surface area contributed by atoms with Gasteiger partial charge in [-0.05, 0) is 0 Å². The number of carboxylic acid groups (broad SMARTS) is 3. The molecule has 0 atom stereocenters. The van der Waals surface area contributed by atoms with Gasteiger partial charge in [-0.25, -0.2) is 0 Å². The van der Waals surface area contributed by atoms with Crippen molar-refractivity contribution in [2.24, 2.45) is 0 Å². The quantitative estimate of drug-likeness (QED) is 0.469. The van der Waals surface area contributed by atoms with Gasteiger partial charge in [0.15, 0.2) is 0 Å². The van der Waals surface area contributed by atoms with E-state index in [0.29, 0.717) is 0 Å². The third-order valence-corrected chi connectivity index (χ3v) is 1.25. The summed E-state index contributed by atoms with van der Waals surface area (Å²) in [5.41, 5.74) is -2.97. The Morgan fingerprint density at radius 2 is 1.27 bits per heavy atom. The maximum atomic E-state index is 10.1. The summed E-state index contributed by atoms with van der Waals surface area (Å²) in [5.74, 6) is -5.98. The summed E-state index contributed by atoms with van der Waals surface area (Å²) >= 11 is 0. The van der Waals surface area contributed by atoms with Crippen LogP contribution >= 0.6 is 0 Å². The number of aliphatic carboxylic acids is 3. The van der Waals surface area contributed by atoms with Crippen molar-refractivity contribution in [2.75, 3.05) is 0 Å². The van der Waals surface area contributed by atoms with E-state index >= 15 is 0 Å². The largest absolute Gasteiger partial charge is 3.00 e. The summed E-state index contributed by atoms with van der Waals surface area (Å²) in [6.45, 7) is 0. The third kappa shape index (κ3) is 7.79. The minimum Gasteiger partial charge on any atom is -0.550 e. The Balaban J connectivity index is -0.000000720. The van der Waals surface area contributed by atoms with Crippen LogP contribution in [0.1, 0.15) is 12.8 Å². The number of carbonyl (C=O) groups is 3. The van der Waals surface area contributed by atoms with E-state index < -0.39 is 36.4 Å². The van der Waals surface area contributed by atoms with Gasteiger partial charge in [0.2, 0.25) is 0 Å². The number of aliphatic hydroxyl groups is 1. The van der Waals surface area contributed by atoms with Crippen molar-refractivity contribution in [1.29, 1.82) is 0 Å². The summed E-state index contributed by atoms with van der Waals surface area (Å²) in [6, 6.07) is 0. The van der Waals surface area contributed by atoms with Crippen LogP contribution in [0.15, 0.2) is 0 Å². The van der Waals surface area contributed by atoms with Crippen LogP contribution in [-0.4, -0.2) is 46.0 Å². The maximum Gasteiger partial charge on any atom is 3.00 e. The van der Waals surface area contributed by atoms with E-state index in [-0.39, 0.29) is 46.9 Å². The van der Waals surface area contributed by atoms with Crippen LogP contribution in [0.4, 0.5) is 0 Å². The van der Waals surface area contributed by atoms with Gasteiger partial charge in [0, 0.05) is 24.8 Å². The van der Waals surface area contributed by atoms with E-state index in [1.807, 2.05) is 0 Å². The fourth-order valence-electron chi connectivity index (χ4n) is 0.684. The number of hydrogen-bond acceptors (Lipinski definition) is 7. The molecular formula is C6H5AlNaO7+. The molecular weight excluding hydrogens is 234 g/mol. The molecule has 0 saturated carbocycles. The Labute approximate surface area is 118 Å². The first-order chi connectivity index (χ1) is 5.78. The van der Waals surface area contributed by atoms with Crippen molar-refractivity contribution in [3.8, 4) is 0 Å². The Hall–Kier alpha value is -0.0975. The average Bonchev–Trinajstić information content (AvgIpc) is 1.82. The first-order valence-corrected chi connectivity index (χ1v) is 3.11. The van der Waals surface area contributed by atoms with Gasteiger partial charge in [-0.2, -0.15) is 0 Å². The van der Waals surface area contributed by atoms with Crippen molar-refractivity contribution in [3.63, 3.8) is 0 Å². The van der Waals surface area contributed by atoms with Crippen molar-refractivity contribution in [1.82, 2.24) is 0 Å². The van der Waals surface area contributed by atoms with Gasteiger partial charge in [-0.3, -0.25) is 0 Å². The van der Waals surface area contributed by atoms with Crippen LogP contribution in [0.25, 0.3) is 0 Å². The minimum absolute atomic E-state index is 0. The molecule has 0 rings (SSSR count). The first kappa shape index (κ1) is 20.3. The van der Waals surface area contributed by atoms with E-state index in [0.717, 1.165) is 0 Å². The topological polar surface area (TPSA) is 141 Å². The van der Waals surface area contributed by atoms with Gasteiger partial charge in [-0.1, -0.05) is 0 Å². The van der Waals surface area contributed by atoms with Crippen molar-refractivity contribution < 1.29 is 64.4 Å². The predicted octanol–water partition coefficient (Wildman–Crippen LogP) is -8.63. The molecule has 0 aliphatic rings. The van der Waals surface area contributed by atoms with Gasteiger partial charge in [0.05, 0.1) is 5.97 Å². The molecule has 0 radical (unpaired) electrons. The van der Waals surface area contributed by atoms with Crippen molar-refractivity contribution in [3.05, 3.63) is 0 Å². The smallest absolute Gasteiger partial charge is 0.550 e. The molecule has 0 bridgehead atoms. The molecule has 15 heavy (non-hydrogen) atoms. The summed E-state index contributed by atoms with van der Waals surface area (Å²) in [4.78, 5) is 30.0. The Bertz CT molecular complexity index is 238. The molecule has 0 heterocycles. The molecule has 0 unspecified atom stereocenters. The molecule has 0 amide bonds. The molecule has 0 aliphatic heterocycles. The predicted molar refractivity (Wildman–Crippen MR) is 35.0 cm³/mol. The molecule has 0 saturated heterocycles. The summed E-state index contributed by atoms with van der Waals surface area (Å²) in [7, 11) is 0. The zero-order valence-corrected chi connectivity index (χ0v) is 11.0. The van der Waals surface area contributed by atoms with Crippen LogP contribution in [0, 0.1) is 0 Å². The van der Waals surface area contributed by atoms with Crippen LogP contribution < -0.4 is 44.9 Å². The zero-order valence-electron chi connectivity index (χ0n) is 7.89. The molecule has 0 aromatic heterocycles. The molecule has 0 aromatic carbocycles. The van der Waals surface area contributed by atoms with Crippen LogP contribution in [0.3, 0.4) is 0 Å². The monoisotopic (exact) mass is 239 g/mol. The van der Waals surface area contributed by atoms with Gasteiger partial charge in [-0.15, -0.1) is 0 Å². The van der Waals surface area contributed by atoms with Crippen LogP contribution in [0.5, 0.6) is 0 Å². The fraction of sp³-hybridized carbons (Fsp3) is 0.500. The minimum atomic E-state index is -2.97. The first-order valence-electron chi connectivity index (χ1n) is 3.11. The Kier molecular flexibility index (Phi) is 11.0. The number of rotatable bonds is 5. The molecule has 0 spiro atoms. The van der Waals surface area contributed by atoms with Crippen LogP contribution in [-0.2, 0) is 14.4 Å². The Morgan fingerprint density at radius 1 is 1.00 bits per heavy atom. The normalized spacial score (nSPS) is 9.40. The number of carbonyl (C=O) groups excluding carboxylic acids is 3. The third-order valence-electron chi connectivity index (χ3n) is 1.25. The molecule has 9 heteroatoms. The SMILES string of the molecule is O=C([O-])CC(O)(CC(=O)[O-])C(=O)[O-].[Al+3].[Na+]. The van der Waals surface area contributed by atoms with Crippen molar-refractivity contribution >= 4 is 35.3 Å². The molecule has 7 nitrogen and oxygen atoms in total. The number of hydrogen-bond donors (Lipinski definition) is 1. The molecule has 0 aliphatic carbocycles. The van der Waals surface area contributed by atoms with Crippen LogP contribution in [0.2, 0.25) is 0 Å². The van der Waals surface area contributed by atoms with Gasteiger partial charge < -0.3 is 34.8 Å². The second kappa shape index (κ2) is 8.10. The van der Waals surface area contributed by atoms with Gasteiger partial charge in [0.25, 0.3) is 0 Å². The molecule has 0 fully saturated rings. The molecule has 1 N–H and O–H groups in total. The van der Waals surface area contributed by atoms with E-state index in [2.05, 4.69) is 0 Å². The standard InChI is InChI=1S/C6H8O7.Al.Na/c7-3(8)1-6(13,5(11)12)2-4(9)10;;/h13H,1-2H2,(H,7,8)(H,9,10)(H,11,12);;/q;+3;+1/p-3. The maximum absolute atomic E-state index is 10.1. The Morgan fingerprint density at radius 3 is 1.40 bits per heavy atom. The molecule has 0 aromatic rings. The number of carboxylic acids is 3. The van der Waals surface area contributed by atoms with E-state index in [4.69, 9.17) is 5.11 Å². The van der Waals surface area contributed by atoms with Crippen molar-refractivity contribution in [2.45, 2.75) is 18.4 Å². The average molecular weight is 239 g/mol. The summed E-state index contributed by atoms with van der Waals surface area (Å²) in [5, 5.41) is 38.9. The summed E-state index contributed by atoms with van der Waals surface area (Å²) in [6.07, 6.45) is -2.72. The van der Waals surface area contributed by atoms with E-state index in [9.17, 15) is 29.7 Å². The van der Waals surface area contributed by atoms with Gasteiger partial charge >= 0.3 is 46.9 Å². The molecule has 74 valence electrons. The second-order valence-corrected chi connectivity index (χ2v) is 2.42. The fourth-order valence-corrected chi connectivity index (χ4v) is 0.684.